The summed E-state index contributed by atoms with van der Waals surface area (Å²) in [7, 11) is 1.59. The number of thioether (sulfide) groups is 1. The number of carbonyl (C=O) groups excluding carboxylic acids is 3. The van der Waals surface area contributed by atoms with Crippen molar-refractivity contribution < 1.29 is 19.1 Å². The molecule has 8 heteroatoms. The molecule has 3 aromatic carbocycles. The highest BCUT2D eigenvalue weighted by Crippen LogP contribution is 2.36. The van der Waals surface area contributed by atoms with Gasteiger partial charge in [0.1, 0.15) is 10.6 Å². The van der Waals surface area contributed by atoms with Gasteiger partial charge in [0.15, 0.2) is 0 Å². The molecule has 2 N–H and O–H groups in total. The van der Waals surface area contributed by atoms with Crippen LogP contribution < -0.4 is 10.6 Å². The Bertz CT molecular complexity index is 1380. The maximum atomic E-state index is 13.3. The van der Waals surface area contributed by atoms with Crippen molar-refractivity contribution in [2.45, 2.75) is 32.1 Å². The summed E-state index contributed by atoms with van der Waals surface area (Å²) >= 11 is 1.23. The predicted molar refractivity (Wildman–Crippen MR) is 151 cm³/mol. The Labute approximate surface area is 227 Å². The maximum Gasteiger partial charge on any atom is 0.278 e. The van der Waals surface area contributed by atoms with Crippen LogP contribution in [0.4, 0.5) is 11.4 Å². The molecule has 3 aromatic rings. The van der Waals surface area contributed by atoms with Crippen LogP contribution in [0.25, 0.3) is 0 Å². The van der Waals surface area contributed by atoms with Crippen LogP contribution in [-0.2, 0) is 14.3 Å². The lowest BCUT2D eigenvalue weighted by Crippen LogP contribution is -2.33. The molecule has 1 heterocycles. The molecule has 3 amide bonds. The molecule has 0 unspecified atom stereocenters. The molecular weight excluding hydrogens is 498 g/mol. The number of hydrogen-bond donors (Lipinski definition) is 2. The van der Waals surface area contributed by atoms with E-state index in [9.17, 15) is 14.4 Å². The molecule has 4 rings (SSSR count). The zero-order chi connectivity index (χ0) is 27.2. The number of nitrogens with one attached hydrogen (secondary N) is 2. The number of hydrogen-bond acceptors (Lipinski definition) is 6. The lowest BCUT2D eigenvalue weighted by Gasteiger charge is -2.15. The molecule has 0 radical (unpaired) electrons. The zero-order valence-corrected chi connectivity index (χ0v) is 22.8. The van der Waals surface area contributed by atoms with E-state index in [1.165, 1.54) is 16.7 Å². The Kier molecular flexibility index (Phi) is 8.66. The highest BCUT2D eigenvalue weighted by Gasteiger charge is 2.38. The Morgan fingerprint density at radius 2 is 1.55 bits per heavy atom. The lowest BCUT2D eigenvalue weighted by atomic mass is 10.1. The summed E-state index contributed by atoms with van der Waals surface area (Å²) in [6.07, 6.45) is 0.554. The van der Waals surface area contributed by atoms with Gasteiger partial charge in [0.2, 0.25) is 0 Å². The molecule has 1 aliphatic rings. The van der Waals surface area contributed by atoms with Gasteiger partial charge in [-0.25, -0.2) is 0 Å². The van der Waals surface area contributed by atoms with Gasteiger partial charge in [-0.2, -0.15) is 0 Å². The topological polar surface area (TPSA) is 87.7 Å². The molecule has 0 saturated carbocycles. The SMILES string of the molecule is COCCCN1C(=O)C(Nc2ccc(C)c(C)c2)=C(Sc2ccc(NC(=O)c3ccc(C)cc3)cc2)C1=O. The van der Waals surface area contributed by atoms with Crippen LogP contribution >= 0.6 is 11.8 Å². The van der Waals surface area contributed by atoms with Crippen molar-refractivity contribution in [2.75, 3.05) is 30.9 Å². The fourth-order valence-electron chi connectivity index (χ4n) is 3.92. The first-order valence-corrected chi connectivity index (χ1v) is 13.2. The van der Waals surface area contributed by atoms with Gasteiger partial charge < -0.3 is 15.4 Å². The Morgan fingerprint density at radius 3 is 2.21 bits per heavy atom. The summed E-state index contributed by atoms with van der Waals surface area (Å²) in [6.45, 7) is 6.72. The largest absolute Gasteiger partial charge is 0.385 e. The van der Waals surface area contributed by atoms with E-state index in [0.29, 0.717) is 29.2 Å². The third-order valence-corrected chi connectivity index (χ3v) is 7.37. The van der Waals surface area contributed by atoms with Crippen molar-refractivity contribution in [3.8, 4) is 0 Å². The van der Waals surface area contributed by atoms with Crippen LogP contribution in [0.1, 0.15) is 33.5 Å². The standard InChI is InChI=1S/C30H31N3O4S/c1-19-6-9-22(10-7-19)28(34)32-23-12-14-25(15-13-23)38-27-26(31-24-11-8-20(2)21(3)18-24)29(35)33(30(27)36)16-5-17-37-4/h6-15,18,31H,5,16-17H2,1-4H3,(H,32,34). The van der Waals surface area contributed by atoms with Gasteiger partial charge in [-0.05, 0) is 86.8 Å². The Morgan fingerprint density at radius 1 is 0.868 bits per heavy atom. The van der Waals surface area contributed by atoms with Crippen molar-refractivity contribution in [3.05, 3.63) is 99.6 Å². The van der Waals surface area contributed by atoms with Crippen LogP contribution in [0.15, 0.2) is 82.2 Å². The van der Waals surface area contributed by atoms with Crippen molar-refractivity contribution in [3.63, 3.8) is 0 Å². The van der Waals surface area contributed by atoms with Crippen molar-refractivity contribution in [1.82, 2.24) is 4.90 Å². The first kappa shape index (κ1) is 27.2. The third-order valence-electron chi connectivity index (χ3n) is 6.28. The number of anilines is 2. The minimum Gasteiger partial charge on any atom is -0.385 e. The molecule has 0 bridgehead atoms. The quantitative estimate of drug-likeness (QED) is 0.259. The monoisotopic (exact) mass is 529 g/mol. The molecule has 38 heavy (non-hydrogen) atoms. The summed E-state index contributed by atoms with van der Waals surface area (Å²) in [4.78, 5) is 41.5. The summed E-state index contributed by atoms with van der Waals surface area (Å²) in [6, 6.07) is 20.4. The maximum absolute atomic E-state index is 13.3. The van der Waals surface area contributed by atoms with Crippen molar-refractivity contribution in [1.29, 1.82) is 0 Å². The van der Waals surface area contributed by atoms with E-state index in [4.69, 9.17) is 4.74 Å². The second-order valence-corrected chi connectivity index (χ2v) is 10.3. The number of imide groups is 1. The van der Waals surface area contributed by atoms with Gasteiger partial charge in [0.05, 0.1) is 0 Å². The molecule has 0 saturated heterocycles. The first-order valence-electron chi connectivity index (χ1n) is 12.4. The molecule has 7 nitrogen and oxygen atoms in total. The van der Waals surface area contributed by atoms with Crippen molar-refractivity contribution >= 4 is 40.9 Å². The average Bonchev–Trinajstić information content (AvgIpc) is 3.11. The van der Waals surface area contributed by atoms with Crippen molar-refractivity contribution in [2.24, 2.45) is 0 Å². The number of aryl methyl sites for hydroxylation is 3. The number of ether oxygens (including phenoxy) is 1. The zero-order valence-electron chi connectivity index (χ0n) is 22.0. The van der Waals surface area contributed by atoms with E-state index in [-0.39, 0.29) is 30.0 Å². The van der Waals surface area contributed by atoms with E-state index >= 15 is 0 Å². The first-order chi connectivity index (χ1) is 18.3. The molecule has 0 fully saturated rings. The molecule has 196 valence electrons. The van der Waals surface area contributed by atoms with Gasteiger partial charge in [-0.15, -0.1) is 0 Å². The highest BCUT2D eigenvalue weighted by molar-refractivity contribution is 8.04. The highest BCUT2D eigenvalue weighted by atomic mass is 32.2. The average molecular weight is 530 g/mol. The molecule has 0 atom stereocenters. The number of benzene rings is 3. The van der Waals surface area contributed by atoms with Gasteiger partial charge >= 0.3 is 0 Å². The second-order valence-electron chi connectivity index (χ2n) is 9.18. The number of nitrogens with zero attached hydrogens (tertiary/aromatic N) is 1. The van der Waals surface area contributed by atoms with Gasteiger partial charge in [0, 0.05) is 42.1 Å². The number of methoxy groups -OCH3 is 1. The van der Waals surface area contributed by atoms with Crippen LogP contribution in [0.5, 0.6) is 0 Å². The number of amides is 3. The van der Waals surface area contributed by atoms with E-state index in [1.807, 2.05) is 63.2 Å². The molecule has 0 spiro atoms. The molecular formula is C30H31N3O4S. The summed E-state index contributed by atoms with van der Waals surface area (Å²) in [5.41, 5.74) is 5.53. The molecule has 1 aliphatic heterocycles. The van der Waals surface area contributed by atoms with Crippen LogP contribution in [0, 0.1) is 20.8 Å². The van der Waals surface area contributed by atoms with E-state index in [1.54, 1.807) is 31.4 Å². The predicted octanol–water partition coefficient (Wildman–Crippen LogP) is 5.69. The van der Waals surface area contributed by atoms with Crippen LogP contribution in [0.2, 0.25) is 0 Å². The van der Waals surface area contributed by atoms with Crippen LogP contribution in [-0.4, -0.2) is 42.9 Å². The smallest absolute Gasteiger partial charge is 0.278 e. The summed E-state index contributed by atoms with van der Waals surface area (Å²) in [5.74, 6) is -0.885. The Hall–Kier alpha value is -3.88. The van der Waals surface area contributed by atoms with Crippen LogP contribution in [0.3, 0.4) is 0 Å². The molecule has 0 aromatic heterocycles. The minimum absolute atomic E-state index is 0.198. The summed E-state index contributed by atoms with van der Waals surface area (Å²) in [5, 5.41) is 6.09. The lowest BCUT2D eigenvalue weighted by molar-refractivity contribution is -0.137. The summed E-state index contributed by atoms with van der Waals surface area (Å²) < 4.78 is 5.10. The Balaban J connectivity index is 1.54. The van der Waals surface area contributed by atoms with E-state index in [0.717, 1.165) is 27.3 Å². The normalized spacial score (nSPS) is 13.3. The van der Waals surface area contributed by atoms with Gasteiger partial charge in [-0.3, -0.25) is 19.3 Å². The second kappa shape index (κ2) is 12.1. The molecule has 0 aliphatic carbocycles. The van der Waals surface area contributed by atoms with E-state index in [2.05, 4.69) is 10.6 Å². The number of rotatable bonds is 10. The minimum atomic E-state index is -0.353. The third kappa shape index (κ3) is 6.33. The fraction of sp³-hybridized carbons (Fsp3) is 0.233. The fourth-order valence-corrected chi connectivity index (χ4v) is 4.87. The van der Waals surface area contributed by atoms with Gasteiger partial charge in [-0.1, -0.05) is 35.5 Å². The number of carbonyl (C=O) groups is 3. The van der Waals surface area contributed by atoms with E-state index < -0.39 is 0 Å². The van der Waals surface area contributed by atoms with Gasteiger partial charge in [0.25, 0.3) is 17.7 Å².